The quantitative estimate of drug-likeness (QED) is 0.701. The molecule has 0 amide bonds. The first-order valence-electron chi connectivity index (χ1n) is 6.70. The molecule has 0 aromatic rings. The van der Waals surface area contributed by atoms with Crippen LogP contribution in [0.15, 0.2) is 0 Å². The van der Waals surface area contributed by atoms with E-state index in [4.69, 9.17) is 5.73 Å². The van der Waals surface area contributed by atoms with Gasteiger partial charge >= 0.3 is 6.18 Å². The average Bonchev–Trinajstić information content (AvgIpc) is 2.35. The van der Waals surface area contributed by atoms with Crippen molar-refractivity contribution in [1.82, 2.24) is 9.80 Å². The standard InChI is InChI=1S/C12H24F3N3O/c1-11(8-16)9-18-4-2-17(3-5-18)6-7-19-10-12(13,14)15/h11H,2-10,16H2,1H3. The largest absolute Gasteiger partial charge is 0.411 e. The molecule has 1 heterocycles. The second kappa shape index (κ2) is 8.04. The van der Waals surface area contributed by atoms with Crippen molar-refractivity contribution < 1.29 is 17.9 Å². The van der Waals surface area contributed by atoms with Crippen molar-refractivity contribution in [2.24, 2.45) is 11.7 Å². The van der Waals surface area contributed by atoms with Gasteiger partial charge in [-0.1, -0.05) is 6.92 Å². The molecule has 1 saturated heterocycles. The Hall–Kier alpha value is -0.370. The molecule has 0 spiro atoms. The fraction of sp³-hybridized carbons (Fsp3) is 1.00. The third kappa shape index (κ3) is 7.71. The van der Waals surface area contributed by atoms with Crippen molar-refractivity contribution in [3.8, 4) is 0 Å². The number of rotatable bonds is 7. The van der Waals surface area contributed by atoms with Crippen molar-refractivity contribution >= 4 is 0 Å². The van der Waals surface area contributed by atoms with E-state index in [1.807, 2.05) is 0 Å². The summed E-state index contributed by atoms with van der Waals surface area (Å²) in [6, 6.07) is 0. The van der Waals surface area contributed by atoms with E-state index < -0.39 is 12.8 Å². The molecule has 1 aliphatic rings. The minimum Gasteiger partial charge on any atom is -0.371 e. The highest BCUT2D eigenvalue weighted by Gasteiger charge is 2.27. The molecule has 0 saturated carbocycles. The summed E-state index contributed by atoms with van der Waals surface area (Å²) in [6.07, 6.45) is -4.23. The molecule has 1 rings (SSSR count). The minimum atomic E-state index is -4.23. The van der Waals surface area contributed by atoms with Crippen LogP contribution in [-0.2, 0) is 4.74 Å². The smallest absolute Gasteiger partial charge is 0.371 e. The van der Waals surface area contributed by atoms with Gasteiger partial charge in [-0.3, -0.25) is 4.90 Å². The number of halogens is 3. The van der Waals surface area contributed by atoms with Gasteiger partial charge in [0, 0.05) is 39.3 Å². The number of alkyl halides is 3. The summed E-state index contributed by atoms with van der Waals surface area (Å²) < 4.78 is 40.2. The molecule has 1 fully saturated rings. The predicted octanol–water partition coefficient (Wildman–Crippen LogP) is 0.778. The van der Waals surface area contributed by atoms with Gasteiger partial charge in [0.2, 0.25) is 0 Å². The summed E-state index contributed by atoms with van der Waals surface area (Å²) in [5.74, 6) is 0.488. The van der Waals surface area contributed by atoms with Gasteiger partial charge in [0.1, 0.15) is 6.61 Å². The van der Waals surface area contributed by atoms with Crippen LogP contribution in [-0.4, -0.2) is 75.0 Å². The fourth-order valence-electron chi connectivity index (χ4n) is 2.09. The van der Waals surface area contributed by atoms with Gasteiger partial charge in [-0.15, -0.1) is 0 Å². The first-order valence-corrected chi connectivity index (χ1v) is 6.70. The molecule has 0 aromatic carbocycles. The van der Waals surface area contributed by atoms with Crippen LogP contribution in [0, 0.1) is 5.92 Å². The van der Waals surface area contributed by atoms with E-state index >= 15 is 0 Å². The second-order valence-electron chi connectivity index (χ2n) is 5.15. The van der Waals surface area contributed by atoms with Crippen molar-refractivity contribution in [2.75, 3.05) is 59.0 Å². The van der Waals surface area contributed by atoms with Crippen LogP contribution < -0.4 is 5.73 Å². The highest BCUT2D eigenvalue weighted by molar-refractivity contribution is 4.73. The number of hydrogen-bond acceptors (Lipinski definition) is 4. The third-order valence-corrected chi connectivity index (χ3v) is 3.25. The summed E-state index contributed by atoms with van der Waals surface area (Å²) >= 11 is 0. The van der Waals surface area contributed by atoms with Gasteiger partial charge in [0.25, 0.3) is 0 Å². The van der Waals surface area contributed by atoms with E-state index in [-0.39, 0.29) is 6.61 Å². The molecular weight excluding hydrogens is 259 g/mol. The van der Waals surface area contributed by atoms with Crippen LogP contribution in [0.3, 0.4) is 0 Å². The first kappa shape index (κ1) is 16.7. The maximum Gasteiger partial charge on any atom is 0.411 e. The number of nitrogens with two attached hydrogens (primary N) is 1. The number of nitrogens with zero attached hydrogens (tertiary/aromatic N) is 2. The predicted molar refractivity (Wildman–Crippen MR) is 68.0 cm³/mol. The zero-order valence-electron chi connectivity index (χ0n) is 11.5. The van der Waals surface area contributed by atoms with Crippen LogP contribution in [0.4, 0.5) is 13.2 Å². The normalized spacial score (nSPS) is 20.7. The number of piperazine rings is 1. The van der Waals surface area contributed by atoms with Gasteiger partial charge in [-0.25, -0.2) is 0 Å². The van der Waals surface area contributed by atoms with Crippen molar-refractivity contribution in [1.29, 1.82) is 0 Å². The molecular formula is C12H24F3N3O. The summed E-state index contributed by atoms with van der Waals surface area (Å²) in [6.45, 7) is 7.01. The summed E-state index contributed by atoms with van der Waals surface area (Å²) in [7, 11) is 0. The Kier molecular flexibility index (Phi) is 7.06. The van der Waals surface area contributed by atoms with Gasteiger partial charge in [-0.2, -0.15) is 13.2 Å². The fourth-order valence-corrected chi connectivity index (χ4v) is 2.09. The van der Waals surface area contributed by atoms with Crippen LogP contribution >= 0.6 is 0 Å². The van der Waals surface area contributed by atoms with Crippen LogP contribution in [0.25, 0.3) is 0 Å². The van der Waals surface area contributed by atoms with Crippen molar-refractivity contribution in [2.45, 2.75) is 13.1 Å². The lowest BCUT2D eigenvalue weighted by molar-refractivity contribution is -0.174. The Balaban J connectivity index is 2.07. The molecule has 19 heavy (non-hydrogen) atoms. The molecule has 1 atom stereocenters. The minimum absolute atomic E-state index is 0.138. The zero-order chi connectivity index (χ0) is 14.3. The zero-order valence-corrected chi connectivity index (χ0v) is 11.5. The van der Waals surface area contributed by atoms with Gasteiger partial charge in [-0.05, 0) is 12.5 Å². The van der Waals surface area contributed by atoms with Crippen LogP contribution in [0.1, 0.15) is 6.92 Å². The molecule has 0 aromatic heterocycles. The lowest BCUT2D eigenvalue weighted by atomic mass is 10.1. The molecule has 114 valence electrons. The van der Waals surface area contributed by atoms with E-state index in [0.717, 1.165) is 32.7 Å². The Bertz CT molecular complexity index is 243. The summed E-state index contributed by atoms with van der Waals surface area (Å²) in [5, 5.41) is 0. The third-order valence-electron chi connectivity index (χ3n) is 3.25. The maximum absolute atomic E-state index is 11.9. The Morgan fingerprint density at radius 2 is 1.74 bits per heavy atom. The first-order chi connectivity index (χ1) is 8.90. The summed E-state index contributed by atoms with van der Waals surface area (Å²) in [5.41, 5.74) is 5.59. The van der Waals surface area contributed by atoms with Gasteiger partial charge < -0.3 is 15.4 Å². The highest BCUT2D eigenvalue weighted by atomic mass is 19.4. The van der Waals surface area contributed by atoms with E-state index in [1.165, 1.54) is 0 Å². The van der Waals surface area contributed by atoms with E-state index in [9.17, 15) is 13.2 Å². The van der Waals surface area contributed by atoms with E-state index in [0.29, 0.717) is 19.0 Å². The molecule has 1 unspecified atom stereocenters. The lowest BCUT2D eigenvalue weighted by Gasteiger charge is -2.35. The second-order valence-corrected chi connectivity index (χ2v) is 5.15. The molecule has 1 aliphatic heterocycles. The number of ether oxygens (including phenoxy) is 1. The van der Waals surface area contributed by atoms with Crippen LogP contribution in [0.2, 0.25) is 0 Å². The Labute approximate surface area is 112 Å². The number of hydrogen-bond donors (Lipinski definition) is 1. The van der Waals surface area contributed by atoms with E-state index in [1.54, 1.807) is 0 Å². The summed E-state index contributed by atoms with van der Waals surface area (Å²) in [4.78, 5) is 4.49. The van der Waals surface area contributed by atoms with Gasteiger partial charge in [0.15, 0.2) is 0 Å². The lowest BCUT2D eigenvalue weighted by Crippen LogP contribution is -2.48. The SMILES string of the molecule is CC(CN)CN1CCN(CCOCC(F)(F)F)CC1. The molecule has 2 N–H and O–H groups in total. The van der Waals surface area contributed by atoms with Crippen LogP contribution in [0.5, 0.6) is 0 Å². The van der Waals surface area contributed by atoms with E-state index in [2.05, 4.69) is 21.5 Å². The molecule has 0 bridgehead atoms. The van der Waals surface area contributed by atoms with Crippen molar-refractivity contribution in [3.05, 3.63) is 0 Å². The topological polar surface area (TPSA) is 41.7 Å². The van der Waals surface area contributed by atoms with Gasteiger partial charge in [0.05, 0.1) is 6.61 Å². The molecule has 0 radical (unpaired) electrons. The Morgan fingerprint density at radius 1 is 1.16 bits per heavy atom. The molecule has 4 nitrogen and oxygen atoms in total. The highest BCUT2D eigenvalue weighted by Crippen LogP contribution is 2.14. The monoisotopic (exact) mass is 283 g/mol. The molecule has 0 aliphatic carbocycles. The average molecular weight is 283 g/mol. The Morgan fingerprint density at radius 3 is 2.26 bits per heavy atom. The molecule has 7 heteroatoms. The maximum atomic E-state index is 11.9. The van der Waals surface area contributed by atoms with Crippen molar-refractivity contribution in [3.63, 3.8) is 0 Å².